The molecule has 0 aromatic carbocycles. The summed E-state index contributed by atoms with van der Waals surface area (Å²) >= 11 is 0. The second-order valence-electron chi connectivity index (χ2n) is 15.3. The highest BCUT2D eigenvalue weighted by molar-refractivity contribution is 7.80. The fourth-order valence-electron chi connectivity index (χ4n) is 6.79. The molecule has 0 aromatic heterocycles. The van der Waals surface area contributed by atoms with Crippen molar-refractivity contribution in [2.45, 2.75) is 224 Å². The Morgan fingerprint density at radius 1 is 0.673 bits per heavy atom. The van der Waals surface area contributed by atoms with E-state index in [0.717, 1.165) is 51.4 Å². The molecule has 6 atom stereocenters. The van der Waals surface area contributed by atoms with Crippen LogP contribution in [0.3, 0.4) is 0 Å². The van der Waals surface area contributed by atoms with Crippen molar-refractivity contribution in [3.05, 3.63) is 12.2 Å². The number of hydrogen-bond donors (Lipinski definition) is 4. The molecule has 0 spiro atoms. The van der Waals surface area contributed by atoms with Gasteiger partial charge in [-0.3, -0.25) is 9.35 Å². The number of allylic oxidation sites excluding steroid dienone is 2. The third kappa shape index (κ3) is 28.8. The zero-order valence-corrected chi connectivity index (χ0v) is 35.3. The van der Waals surface area contributed by atoms with Crippen molar-refractivity contribution >= 4 is 16.4 Å². The number of aliphatic hydroxyl groups is 3. The molecule has 6 unspecified atom stereocenters. The van der Waals surface area contributed by atoms with E-state index in [4.69, 9.17) is 23.5 Å². The molecule has 13 heteroatoms. The molecule has 1 fully saturated rings. The van der Waals surface area contributed by atoms with E-state index in [1.54, 1.807) is 0 Å². The summed E-state index contributed by atoms with van der Waals surface area (Å²) in [5.74, 6) is -0.399. The van der Waals surface area contributed by atoms with Crippen molar-refractivity contribution < 1.29 is 56.2 Å². The SMILES string of the molecule is CCC/C=C\CCCCCCCCOCC(COC1OC(CO)C(O)C(OS(=O)(=O)O)C1O)OC(=O)CCCCCCCCCCCCCCCCCCC. The topological polar surface area (TPSA) is 178 Å². The molecule has 1 aliphatic heterocycles. The largest absolute Gasteiger partial charge is 0.457 e. The maximum absolute atomic E-state index is 12.8. The normalized spacial score (nSPS) is 21.0. The van der Waals surface area contributed by atoms with E-state index in [0.29, 0.717) is 13.0 Å². The minimum absolute atomic E-state index is 0.0364. The lowest BCUT2D eigenvalue weighted by molar-refractivity contribution is -0.301. The fraction of sp³-hybridized carbons (Fsp3) is 0.929. The highest BCUT2D eigenvalue weighted by Gasteiger charge is 2.48. The van der Waals surface area contributed by atoms with Crippen LogP contribution < -0.4 is 0 Å². The standard InChI is InChI=1S/C42H80O12S/c1-3-5-7-9-11-13-15-16-17-18-19-20-21-23-25-27-29-31-38(44)52-36(34-50-32-30-28-26-24-22-14-12-10-8-6-4-2)35-51-42-40(46)41(54-55(47,48)49)39(45)37(33-43)53-42/h8,10,36-37,39-43,45-46H,3-7,9,11-35H2,1-2H3,(H,47,48,49)/b10-8-. The van der Waals surface area contributed by atoms with Gasteiger partial charge in [0.2, 0.25) is 0 Å². The van der Waals surface area contributed by atoms with Gasteiger partial charge in [-0.2, -0.15) is 8.42 Å². The number of unbranched alkanes of at least 4 members (excludes halogenated alkanes) is 23. The molecule has 1 rings (SSSR count). The van der Waals surface area contributed by atoms with Gasteiger partial charge in [0.25, 0.3) is 0 Å². The van der Waals surface area contributed by atoms with Gasteiger partial charge in [0, 0.05) is 13.0 Å². The summed E-state index contributed by atoms with van der Waals surface area (Å²) in [5, 5.41) is 30.6. The summed E-state index contributed by atoms with van der Waals surface area (Å²) < 4.78 is 58.9. The molecular formula is C42H80O12S. The summed E-state index contributed by atoms with van der Waals surface area (Å²) in [6.45, 7) is 3.93. The van der Waals surface area contributed by atoms with Crippen molar-refractivity contribution in [2.24, 2.45) is 0 Å². The van der Waals surface area contributed by atoms with E-state index >= 15 is 0 Å². The van der Waals surface area contributed by atoms with Gasteiger partial charge in [-0.25, -0.2) is 4.18 Å². The van der Waals surface area contributed by atoms with E-state index in [1.807, 2.05) is 0 Å². The lowest BCUT2D eigenvalue weighted by Gasteiger charge is -2.41. The molecule has 0 amide bonds. The first-order valence-corrected chi connectivity index (χ1v) is 23.3. The predicted octanol–water partition coefficient (Wildman–Crippen LogP) is 8.69. The molecule has 55 heavy (non-hydrogen) atoms. The first-order valence-electron chi connectivity index (χ1n) is 21.9. The number of esters is 1. The Morgan fingerprint density at radius 2 is 1.18 bits per heavy atom. The zero-order chi connectivity index (χ0) is 40.4. The number of carbonyl (C=O) groups is 1. The quantitative estimate of drug-likeness (QED) is 0.0202. The monoisotopic (exact) mass is 809 g/mol. The van der Waals surface area contributed by atoms with Crippen molar-refractivity contribution in [1.82, 2.24) is 0 Å². The highest BCUT2D eigenvalue weighted by atomic mass is 32.3. The molecule has 1 aliphatic rings. The van der Waals surface area contributed by atoms with Crippen LogP contribution in [0.25, 0.3) is 0 Å². The first-order chi connectivity index (χ1) is 26.6. The smallest absolute Gasteiger partial charge is 0.397 e. The van der Waals surface area contributed by atoms with Crippen molar-refractivity contribution in [2.75, 3.05) is 26.4 Å². The predicted molar refractivity (Wildman–Crippen MR) is 216 cm³/mol. The van der Waals surface area contributed by atoms with E-state index in [1.165, 1.54) is 109 Å². The molecule has 326 valence electrons. The Hall–Kier alpha value is -1.16. The van der Waals surface area contributed by atoms with E-state index < -0.39 is 59.8 Å². The first kappa shape index (κ1) is 51.9. The number of hydrogen-bond acceptors (Lipinski definition) is 11. The van der Waals surface area contributed by atoms with Crippen LogP contribution in [0.15, 0.2) is 12.2 Å². The highest BCUT2D eigenvalue weighted by Crippen LogP contribution is 2.26. The number of ether oxygens (including phenoxy) is 4. The Kier molecular flexibility index (Phi) is 32.9. The maximum Gasteiger partial charge on any atom is 0.397 e. The summed E-state index contributed by atoms with van der Waals surface area (Å²) in [6, 6.07) is 0. The van der Waals surface area contributed by atoms with Crippen molar-refractivity contribution in [3.8, 4) is 0 Å². The van der Waals surface area contributed by atoms with Gasteiger partial charge < -0.3 is 34.3 Å². The summed E-state index contributed by atoms with van der Waals surface area (Å²) in [7, 11) is -5.06. The Labute approximate surface area is 334 Å². The average molecular weight is 809 g/mol. The van der Waals surface area contributed by atoms with Crippen LogP contribution in [0.4, 0.5) is 0 Å². The Morgan fingerprint density at radius 3 is 1.71 bits per heavy atom. The molecular weight excluding hydrogens is 729 g/mol. The van der Waals surface area contributed by atoms with Gasteiger partial charge in [0.05, 0.1) is 19.8 Å². The molecule has 0 saturated carbocycles. The van der Waals surface area contributed by atoms with Crippen LogP contribution in [-0.2, 0) is 38.3 Å². The Balaban J connectivity index is 2.42. The third-order valence-electron chi connectivity index (χ3n) is 10.1. The lowest BCUT2D eigenvalue weighted by atomic mass is 9.99. The van der Waals surface area contributed by atoms with Crippen molar-refractivity contribution in [3.63, 3.8) is 0 Å². The van der Waals surface area contributed by atoms with Crippen LogP contribution in [0.5, 0.6) is 0 Å². The second-order valence-corrected chi connectivity index (χ2v) is 16.3. The van der Waals surface area contributed by atoms with E-state index in [2.05, 4.69) is 30.2 Å². The van der Waals surface area contributed by atoms with Crippen LogP contribution >= 0.6 is 0 Å². The molecule has 0 radical (unpaired) electrons. The maximum atomic E-state index is 12.8. The number of rotatable bonds is 38. The Bertz CT molecular complexity index is 1030. The second kappa shape index (κ2) is 34.8. The molecule has 0 aliphatic carbocycles. The van der Waals surface area contributed by atoms with Gasteiger partial charge >= 0.3 is 16.4 Å². The fourth-order valence-corrected chi connectivity index (χ4v) is 7.30. The molecule has 1 saturated heterocycles. The lowest BCUT2D eigenvalue weighted by Crippen LogP contribution is -2.60. The van der Waals surface area contributed by atoms with Crippen molar-refractivity contribution in [1.29, 1.82) is 0 Å². The van der Waals surface area contributed by atoms with Crippen LogP contribution in [0, 0.1) is 0 Å². The van der Waals surface area contributed by atoms with Gasteiger partial charge in [0.1, 0.15) is 30.5 Å². The molecule has 0 bridgehead atoms. The summed E-state index contributed by atoms with van der Waals surface area (Å²) in [4.78, 5) is 12.8. The van der Waals surface area contributed by atoms with Gasteiger partial charge in [-0.05, 0) is 32.1 Å². The number of carbonyl (C=O) groups excluding carboxylic acids is 1. The molecule has 12 nitrogen and oxygen atoms in total. The van der Waals surface area contributed by atoms with E-state index in [-0.39, 0.29) is 19.6 Å². The molecule has 1 heterocycles. The summed E-state index contributed by atoms with van der Waals surface area (Å²) in [6.07, 6.45) is 26.8. The van der Waals surface area contributed by atoms with E-state index in [9.17, 15) is 28.5 Å². The summed E-state index contributed by atoms with van der Waals surface area (Å²) in [5.41, 5.74) is 0. The zero-order valence-electron chi connectivity index (χ0n) is 34.5. The van der Waals surface area contributed by atoms with Crippen LogP contribution in [-0.4, -0.2) is 97.5 Å². The van der Waals surface area contributed by atoms with Gasteiger partial charge in [0.15, 0.2) is 6.29 Å². The van der Waals surface area contributed by atoms with Crippen LogP contribution in [0.1, 0.15) is 187 Å². The van der Waals surface area contributed by atoms with Crippen LogP contribution in [0.2, 0.25) is 0 Å². The number of aliphatic hydroxyl groups excluding tert-OH is 3. The molecule has 0 aromatic rings. The minimum atomic E-state index is -5.06. The van der Waals surface area contributed by atoms with Gasteiger partial charge in [-0.15, -0.1) is 0 Å². The molecule has 4 N–H and O–H groups in total. The average Bonchev–Trinajstić information content (AvgIpc) is 3.15. The third-order valence-corrected chi connectivity index (χ3v) is 10.6. The van der Waals surface area contributed by atoms with Gasteiger partial charge in [-0.1, -0.05) is 161 Å². The minimum Gasteiger partial charge on any atom is -0.457 e.